The van der Waals surface area contributed by atoms with Crippen molar-refractivity contribution in [2.24, 2.45) is 0 Å². The number of aromatic nitrogens is 1. The van der Waals surface area contributed by atoms with Gasteiger partial charge in [-0.1, -0.05) is 6.07 Å². The van der Waals surface area contributed by atoms with Crippen molar-refractivity contribution in [3.05, 3.63) is 57.7 Å². The highest BCUT2D eigenvalue weighted by molar-refractivity contribution is 9.10. The van der Waals surface area contributed by atoms with Crippen LogP contribution in [-0.4, -0.2) is 4.98 Å². The standard InChI is InChI=1S/C14H11BrN2S/c1-10-6-11(7-16)2-3-12(10)9-18-14-5-4-13(15)8-17-14/h2-6,8H,9H2,1H3. The summed E-state index contributed by atoms with van der Waals surface area (Å²) in [6.07, 6.45) is 1.80. The van der Waals surface area contributed by atoms with Crippen LogP contribution in [0.15, 0.2) is 46.0 Å². The Bertz CT molecular complexity index is 588. The normalized spacial score (nSPS) is 10.1. The first-order chi connectivity index (χ1) is 8.69. The number of hydrogen-bond donors (Lipinski definition) is 0. The van der Waals surface area contributed by atoms with Gasteiger partial charge in [0.15, 0.2) is 0 Å². The van der Waals surface area contributed by atoms with E-state index in [2.05, 4.69) is 27.0 Å². The third-order valence-corrected chi connectivity index (χ3v) is 4.01. The summed E-state index contributed by atoms with van der Waals surface area (Å²) < 4.78 is 0.987. The zero-order valence-corrected chi connectivity index (χ0v) is 12.3. The average Bonchev–Trinajstić information content (AvgIpc) is 2.39. The second-order valence-electron chi connectivity index (χ2n) is 3.86. The summed E-state index contributed by atoms with van der Waals surface area (Å²) in [6, 6.07) is 11.9. The maximum atomic E-state index is 8.82. The third kappa shape index (κ3) is 3.34. The van der Waals surface area contributed by atoms with Crippen molar-refractivity contribution >= 4 is 27.7 Å². The van der Waals surface area contributed by atoms with Gasteiger partial charge in [-0.3, -0.25) is 0 Å². The van der Waals surface area contributed by atoms with Gasteiger partial charge in [-0.25, -0.2) is 4.98 Å². The van der Waals surface area contributed by atoms with Crippen LogP contribution in [0.3, 0.4) is 0 Å². The van der Waals surface area contributed by atoms with Crippen LogP contribution in [0.5, 0.6) is 0 Å². The Hall–Kier alpha value is -1.31. The summed E-state index contributed by atoms with van der Waals surface area (Å²) >= 11 is 5.06. The largest absolute Gasteiger partial charge is 0.249 e. The Labute approximate surface area is 119 Å². The molecule has 0 aliphatic heterocycles. The maximum absolute atomic E-state index is 8.82. The van der Waals surface area contributed by atoms with Gasteiger partial charge in [0, 0.05) is 16.4 Å². The smallest absolute Gasteiger partial charge is 0.0991 e. The fourth-order valence-electron chi connectivity index (χ4n) is 1.53. The fraction of sp³-hybridized carbons (Fsp3) is 0.143. The van der Waals surface area contributed by atoms with E-state index in [9.17, 15) is 0 Å². The number of benzene rings is 1. The molecule has 1 heterocycles. The number of halogens is 1. The summed E-state index contributed by atoms with van der Waals surface area (Å²) in [5.41, 5.74) is 3.10. The van der Waals surface area contributed by atoms with Gasteiger partial charge in [0.25, 0.3) is 0 Å². The molecule has 90 valence electrons. The van der Waals surface area contributed by atoms with Crippen molar-refractivity contribution in [2.75, 3.05) is 0 Å². The Morgan fingerprint density at radius 2 is 2.17 bits per heavy atom. The van der Waals surface area contributed by atoms with Crippen molar-refractivity contribution in [3.8, 4) is 6.07 Å². The predicted octanol–water partition coefficient (Wildman–Crippen LogP) is 4.32. The zero-order chi connectivity index (χ0) is 13.0. The molecule has 2 nitrogen and oxygen atoms in total. The minimum absolute atomic E-state index is 0.711. The first-order valence-electron chi connectivity index (χ1n) is 5.43. The van der Waals surface area contributed by atoms with E-state index in [1.807, 2.05) is 37.3 Å². The van der Waals surface area contributed by atoms with Crippen LogP contribution < -0.4 is 0 Å². The van der Waals surface area contributed by atoms with Crippen molar-refractivity contribution in [2.45, 2.75) is 17.7 Å². The van der Waals surface area contributed by atoms with Gasteiger partial charge in [-0.15, -0.1) is 11.8 Å². The van der Waals surface area contributed by atoms with Crippen LogP contribution in [0.1, 0.15) is 16.7 Å². The average molecular weight is 319 g/mol. The predicted molar refractivity (Wildman–Crippen MR) is 77.4 cm³/mol. The summed E-state index contributed by atoms with van der Waals surface area (Å²) in [5, 5.41) is 9.82. The van der Waals surface area contributed by atoms with Gasteiger partial charge in [0.1, 0.15) is 0 Å². The molecule has 2 rings (SSSR count). The summed E-state index contributed by atoms with van der Waals surface area (Å²) in [4.78, 5) is 4.32. The highest BCUT2D eigenvalue weighted by atomic mass is 79.9. The van der Waals surface area contributed by atoms with Crippen LogP contribution in [-0.2, 0) is 5.75 Å². The molecule has 1 aromatic carbocycles. The Kier molecular flexibility index (Phi) is 4.40. The zero-order valence-electron chi connectivity index (χ0n) is 9.85. The molecule has 0 unspecified atom stereocenters. The molecule has 0 saturated carbocycles. The number of pyridine rings is 1. The van der Waals surface area contributed by atoms with E-state index in [0.717, 1.165) is 20.8 Å². The number of nitrogens with zero attached hydrogens (tertiary/aromatic N) is 2. The Balaban J connectivity index is 2.06. The number of rotatable bonds is 3. The summed E-state index contributed by atoms with van der Waals surface area (Å²) in [6.45, 7) is 2.03. The highest BCUT2D eigenvalue weighted by Crippen LogP contribution is 2.24. The molecular weight excluding hydrogens is 308 g/mol. The Morgan fingerprint density at radius 1 is 1.33 bits per heavy atom. The lowest BCUT2D eigenvalue weighted by Crippen LogP contribution is -1.88. The second kappa shape index (κ2) is 6.03. The number of thioether (sulfide) groups is 1. The molecule has 0 bridgehead atoms. The number of aryl methyl sites for hydroxylation is 1. The van der Waals surface area contributed by atoms with Gasteiger partial charge >= 0.3 is 0 Å². The van der Waals surface area contributed by atoms with Crippen LogP contribution in [0.4, 0.5) is 0 Å². The molecule has 2 aromatic rings. The van der Waals surface area contributed by atoms with Crippen LogP contribution in [0.2, 0.25) is 0 Å². The number of nitriles is 1. The van der Waals surface area contributed by atoms with Gasteiger partial charge in [-0.2, -0.15) is 5.26 Å². The summed E-state index contributed by atoms with van der Waals surface area (Å²) in [7, 11) is 0. The van der Waals surface area contributed by atoms with E-state index in [4.69, 9.17) is 5.26 Å². The molecule has 1 aromatic heterocycles. The van der Waals surface area contributed by atoms with E-state index in [-0.39, 0.29) is 0 Å². The van der Waals surface area contributed by atoms with Gasteiger partial charge in [0.2, 0.25) is 0 Å². The van der Waals surface area contributed by atoms with E-state index >= 15 is 0 Å². The topological polar surface area (TPSA) is 36.7 Å². The molecule has 0 spiro atoms. The minimum Gasteiger partial charge on any atom is -0.249 e. The molecule has 0 atom stereocenters. The quantitative estimate of drug-likeness (QED) is 0.791. The van der Waals surface area contributed by atoms with Crippen LogP contribution in [0.25, 0.3) is 0 Å². The SMILES string of the molecule is Cc1cc(C#N)ccc1CSc1ccc(Br)cn1. The fourth-order valence-corrected chi connectivity index (χ4v) is 2.68. The molecule has 0 fully saturated rings. The molecule has 4 heteroatoms. The first kappa shape index (κ1) is 13.1. The van der Waals surface area contributed by atoms with Crippen molar-refractivity contribution in [1.29, 1.82) is 5.26 Å². The molecule has 0 aliphatic carbocycles. The monoisotopic (exact) mass is 318 g/mol. The van der Waals surface area contributed by atoms with E-state index in [0.29, 0.717) is 5.56 Å². The molecule has 0 saturated heterocycles. The lowest BCUT2D eigenvalue weighted by atomic mass is 10.1. The van der Waals surface area contributed by atoms with Crippen molar-refractivity contribution in [3.63, 3.8) is 0 Å². The molecule has 0 aliphatic rings. The van der Waals surface area contributed by atoms with Gasteiger partial charge < -0.3 is 0 Å². The summed E-state index contributed by atoms with van der Waals surface area (Å²) in [5.74, 6) is 0.867. The maximum Gasteiger partial charge on any atom is 0.0991 e. The molecular formula is C14H11BrN2S. The highest BCUT2D eigenvalue weighted by Gasteiger charge is 2.02. The van der Waals surface area contributed by atoms with Gasteiger partial charge in [-0.05, 0) is 58.2 Å². The van der Waals surface area contributed by atoms with Crippen LogP contribution >= 0.6 is 27.7 Å². The third-order valence-electron chi connectivity index (χ3n) is 2.55. The van der Waals surface area contributed by atoms with E-state index in [1.165, 1.54) is 5.56 Å². The van der Waals surface area contributed by atoms with Gasteiger partial charge in [0.05, 0.1) is 16.7 Å². The minimum atomic E-state index is 0.711. The Morgan fingerprint density at radius 3 is 2.78 bits per heavy atom. The van der Waals surface area contributed by atoms with Crippen molar-refractivity contribution < 1.29 is 0 Å². The molecule has 0 radical (unpaired) electrons. The van der Waals surface area contributed by atoms with Crippen molar-refractivity contribution in [1.82, 2.24) is 4.98 Å². The number of hydrogen-bond acceptors (Lipinski definition) is 3. The molecule has 0 N–H and O–H groups in total. The lowest BCUT2D eigenvalue weighted by Gasteiger charge is -2.05. The van der Waals surface area contributed by atoms with E-state index < -0.39 is 0 Å². The molecule has 18 heavy (non-hydrogen) atoms. The van der Waals surface area contributed by atoms with E-state index in [1.54, 1.807) is 18.0 Å². The molecule has 0 amide bonds. The van der Waals surface area contributed by atoms with Crippen LogP contribution in [0, 0.1) is 18.3 Å². The lowest BCUT2D eigenvalue weighted by molar-refractivity contribution is 1.12. The first-order valence-corrected chi connectivity index (χ1v) is 7.21. The second-order valence-corrected chi connectivity index (χ2v) is 5.77.